The molecular weight excluding hydrogens is 257 g/mol. The van der Waals surface area contributed by atoms with Gasteiger partial charge >= 0.3 is 0 Å². The second-order valence-corrected chi connectivity index (χ2v) is 6.14. The molecule has 0 fully saturated rings. The molecular formula is C12H14FNO3S. The van der Waals surface area contributed by atoms with Crippen molar-refractivity contribution >= 4 is 9.84 Å². The van der Waals surface area contributed by atoms with Crippen LogP contribution in [0.25, 0.3) is 0 Å². The summed E-state index contributed by atoms with van der Waals surface area (Å²) in [5.41, 5.74) is -0.157. The van der Waals surface area contributed by atoms with Crippen LogP contribution in [-0.4, -0.2) is 26.5 Å². The fourth-order valence-corrected chi connectivity index (χ4v) is 2.18. The Morgan fingerprint density at radius 2 is 2.17 bits per heavy atom. The largest absolute Gasteiger partial charge is 0.492 e. The van der Waals surface area contributed by atoms with Crippen LogP contribution in [0.15, 0.2) is 18.2 Å². The van der Waals surface area contributed by atoms with E-state index < -0.39 is 15.7 Å². The normalized spacial score (nSPS) is 10.9. The molecule has 0 atom stereocenters. The van der Waals surface area contributed by atoms with Crippen molar-refractivity contribution in [3.63, 3.8) is 0 Å². The van der Waals surface area contributed by atoms with Gasteiger partial charge in [-0.1, -0.05) is 13.0 Å². The Kier molecular flexibility index (Phi) is 5.10. The highest BCUT2D eigenvalue weighted by Crippen LogP contribution is 2.20. The van der Waals surface area contributed by atoms with Gasteiger partial charge in [-0.2, -0.15) is 5.26 Å². The number of sulfone groups is 1. The van der Waals surface area contributed by atoms with Gasteiger partial charge in [0.15, 0.2) is 0 Å². The van der Waals surface area contributed by atoms with Crippen molar-refractivity contribution in [2.45, 2.75) is 13.3 Å². The summed E-state index contributed by atoms with van der Waals surface area (Å²) in [7, 11) is -3.02. The van der Waals surface area contributed by atoms with Crippen LogP contribution in [0, 0.1) is 17.1 Å². The predicted octanol–water partition coefficient (Wildman–Crippen LogP) is 1.90. The molecule has 0 N–H and O–H groups in total. The third-order valence-electron chi connectivity index (χ3n) is 2.38. The molecule has 1 rings (SSSR count). The Bertz CT molecular complexity index is 549. The minimum absolute atomic E-state index is 0.0285. The van der Waals surface area contributed by atoms with E-state index in [0.717, 1.165) is 0 Å². The third kappa shape index (κ3) is 4.00. The van der Waals surface area contributed by atoms with E-state index >= 15 is 0 Å². The fraction of sp³-hybridized carbons (Fsp3) is 0.417. The molecule has 0 heterocycles. The summed E-state index contributed by atoms with van der Waals surface area (Å²) in [6, 6.07) is 5.81. The Morgan fingerprint density at radius 3 is 2.78 bits per heavy atom. The molecule has 1 aromatic carbocycles. The average molecular weight is 271 g/mol. The van der Waals surface area contributed by atoms with Crippen LogP contribution >= 0.6 is 0 Å². The lowest BCUT2D eigenvalue weighted by molar-refractivity contribution is 0.315. The monoisotopic (exact) mass is 271 g/mol. The van der Waals surface area contributed by atoms with E-state index in [-0.39, 0.29) is 29.4 Å². The highest BCUT2D eigenvalue weighted by atomic mass is 32.2. The van der Waals surface area contributed by atoms with Crippen LogP contribution < -0.4 is 4.74 Å². The molecule has 0 radical (unpaired) electrons. The number of ether oxygens (including phenoxy) is 1. The number of hydrogen-bond acceptors (Lipinski definition) is 4. The van der Waals surface area contributed by atoms with E-state index in [1.165, 1.54) is 18.2 Å². The molecule has 4 nitrogen and oxygen atoms in total. The molecule has 0 bridgehead atoms. The van der Waals surface area contributed by atoms with Crippen molar-refractivity contribution in [2.24, 2.45) is 0 Å². The van der Waals surface area contributed by atoms with E-state index in [2.05, 4.69) is 0 Å². The average Bonchev–Trinajstić information content (AvgIpc) is 2.35. The smallest absolute Gasteiger partial charge is 0.150 e. The van der Waals surface area contributed by atoms with Crippen molar-refractivity contribution in [3.8, 4) is 11.8 Å². The number of halogens is 1. The number of benzene rings is 1. The molecule has 0 aromatic heterocycles. The molecule has 1 aromatic rings. The number of nitrogens with zero attached hydrogens (tertiary/aromatic N) is 1. The highest BCUT2D eigenvalue weighted by Gasteiger charge is 2.10. The van der Waals surface area contributed by atoms with Gasteiger partial charge in [-0.25, -0.2) is 12.8 Å². The maximum atomic E-state index is 13.2. The zero-order valence-electron chi connectivity index (χ0n) is 10.0. The summed E-state index contributed by atoms with van der Waals surface area (Å²) in [4.78, 5) is 0. The fourth-order valence-electron chi connectivity index (χ4n) is 1.34. The summed E-state index contributed by atoms with van der Waals surface area (Å²) in [5.74, 6) is -0.375. The maximum Gasteiger partial charge on any atom is 0.150 e. The Hall–Kier alpha value is -1.61. The Balaban J connectivity index is 2.56. The first-order valence-corrected chi connectivity index (χ1v) is 7.34. The number of hydrogen-bond donors (Lipinski definition) is 0. The number of rotatable bonds is 6. The lowest BCUT2D eigenvalue weighted by Gasteiger charge is -2.08. The Morgan fingerprint density at radius 1 is 1.44 bits per heavy atom. The van der Waals surface area contributed by atoms with Gasteiger partial charge in [-0.05, 0) is 18.6 Å². The first kappa shape index (κ1) is 14.5. The van der Waals surface area contributed by atoms with Gasteiger partial charge in [0.25, 0.3) is 0 Å². The zero-order chi connectivity index (χ0) is 13.6. The summed E-state index contributed by atoms with van der Waals surface area (Å²) in [6.07, 6.45) is 0.317. The molecule has 0 spiro atoms. The van der Waals surface area contributed by atoms with Crippen LogP contribution in [-0.2, 0) is 9.84 Å². The van der Waals surface area contributed by atoms with Crippen molar-refractivity contribution < 1.29 is 17.5 Å². The second-order valence-electron chi connectivity index (χ2n) is 3.66. The summed E-state index contributed by atoms with van der Waals surface area (Å²) < 4.78 is 40.9. The van der Waals surface area contributed by atoms with E-state index in [1.807, 2.05) is 0 Å². The highest BCUT2D eigenvalue weighted by molar-refractivity contribution is 7.91. The van der Waals surface area contributed by atoms with Gasteiger partial charge < -0.3 is 4.74 Å². The Labute approximate surface area is 106 Å². The lowest BCUT2D eigenvalue weighted by atomic mass is 10.2. The minimum Gasteiger partial charge on any atom is -0.492 e. The molecule has 0 unspecified atom stereocenters. The SMILES string of the molecule is CCS(=O)(=O)CCCOc1cccc(F)c1C#N. The van der Waals surface area contributed by atoms with Gasteiger partial charge in [0, 0.05) is 5.75 Å². The van der Waals surface area contributed by atoms with Crippen LogP contribution in [0.3, 0.4) is 0 Å². The molecule has 0 saturated carbocycles. The topological polar surface area (TPSA) is 67.2 Å². The first-order chi connectivity index (χ1) is 8.50. The van der Waals surface area contributed by atoms with E-state index in [1.54, 1.807) is 13.0 Å². The first-order valence-electron chi connectivity index (χ1n) is 5.52. The van der Waals surface area contributed by atoms with E-state index in [4.69, 9.17) is 10.00 Å². The zero-order valence-corrected chi connectivity index (χ0v) is 10.8. The number of nitriles is 1. The van der Waals surface area contributed by atoms with Crippen molar-refractivity contribution in [1.82, 2.24) is 0 Å². The minimum atomic E-state index is -3.02. The summed E-state index contributed by atoms with van der Waals surface area (Å²) in [5, 5.41) is 8.76. The maximum absolute atomic E-state index is 13.2. The van der Waals surface area contributed by atoms with Gasteiger partial charge in [0.1, 0.15) is 33.0 Å². The lowest BCUT2D eigenvalue weighted by Crippen LogP contribution is -2.12. The van der Waals surface area contributed by atoms with Crippen molar-refractivity contribution in [2.75, 3.05) is 18.1 Å². The molecule has 0 saturated heterocycles. The van der Waals surface area contributed by atoms with Gasteiger partial charge in [0.2, 0.25) is 0 Å². The van der Waals surface area contributed by atoms with Gasteiger partial charge in [0.05, 0.1) is 12.4 Å². The quantitative estimate of drug-likeness (QED) is 0.741. The molecule has 6 heteroatoms. The van der Waals surface area contributed by atoms with Crippen molar-refractivity contribution in [1.29, 1.82) is 5.26 Å². The third-order valence-corrected chi connectivity index (χ3v) is 4.17. The second kappa shape index (κ2) is 6.36. The predicted molar refractivity (Wildman–Crippen MR) is 65.6 cm³/mol. The molecule has 0 aliphatic rings. The molecule has 0 aliphatic heterocycles. The standard InChI is InChI=1S/C12H14FNO3S/c1-2-18(15,16)8-4-7-17-12-6-3-5-11(13)10(12)9-14/h3,5-6H,2,4,7-8H2,1H3. The van der Waals surface area contributed by atoms with Crippen LogP contribution in [0.5, 0.6) is 5.75 Å². The molecule has 0 amide bonds. The molecule has 18 heavy (non-hydrogen) atoms. The van der Waals surface area contributed by atoms with E-state index in [9.17, 15) is 12.8 Å². The van der Waals surface area contributed by atoms with E-state index in [0.29, 0.717) is 6.42 Å². The van der Waals surface area contributed by atoms with Gasteiger partial charge in [-0.3, -0.25) is 0 Å². The molecule has 0 aliphatic carbocycles. The van der Waals surface area contributed by atoms with Crippen LogP contribution in [0.4, 0.5) is 4.39 Å². The summed E-state index contributed by atoms with van der Waals surface area (Å²) >= 11 is 0. The molecule has 98 valence electrons. The van der Waals surface area contributed by atoms with Crippen LogP contribution in [0.2, 0.25) is 0 Å². The van der Waals surface area contributed by atoms with Crippen LogP contribution in [0.1, 0.15) is 18.9 Å². The summed E-state index contributed by atoms with van der Waals surface area (Å²) in [6.45, 7) is 1.72. The van der Waals surface area contributed by atoms with Gasteiger partial charge in [-0.15, -0.1) is 0 Å². The van der Waals surface area contributed by atoms with Crippen molar-refractivity contribution in [3.05, 3.63) is 29.6 Å².